The number of nitrogens with one attached hydrogen (secondary N) is 1. The van der Waals surface area contributed by atoms with Crippen LogP contribution in [0.25, 0.3) is 0 Å². The molecule has 0 aliphatic heterocycles. The van der Waals surface area contributed by atoms with Crippen LogP contribution in [0.1, 0.15) is 43.0 Å². The van der Waals surface area contributed by atoms with Gasteiger partial charge < -0.3 is 10.3 Å². The SMILES string of the molecule is CCCCCn1c(C)cc(C)c(C(=N)N)c1=O. The predicted octanol–water partition coefficient (Wildman–Crippen LogP) is 1.94. The summed E-state index contributed by atoms with van der Waals surface area (Å²) in [6.07, 6.45) is 3.21. The third-order valence-electron chi connectivity index (χ3n) is 2.96. The number of hydrogen-bond acceptors (Lipinski definition) is 2. The van der Waals surface area contributed by atoms with Gasteiger partial charge in [-0.05, 0) is 31.9 Å². The lowest BCUT2D eigenvalue weighted by Crippen LogP contribution is -2.32. The molecule has 94 valence electrons. The van der Waals surface area contributed by atoms with E-state index >= 15 is 0 Å². The van der Waals surface area contributed by atoms with E-state index in [1.165, 1.54) is 0 Å². The van der Waals surface area contributed by atoms with Gasteiger partial charge in [-0.1, -0.05) is 19.8 Å². The third kappa shape index (κ3) is 2.96. The lowest BCUT2D eigenvalue weighted by atomic mass is 10.1. The molecule has 0 saturated carbocycles. The number of rotatable bonds is 5. The first-order valence-corrected chi connectivity index (χ1v) is 6.04. The lowest BCUT2D eigenvalue weighted by molar-refractivity contribution is 0.575. The number of nitrogens with two attached hydrogens (primary N) is 1. The van der Waals surface area contributed by atoms with E-state index in [0.29, 0.717) is 12.1 Å². The molecule has 17 heavy (non-hydrogen) atoms. The first-order valence-electron chi connectivity index (χ1n) is 6.04. The first kappa shape index (κ1) is 13.5. The van der Waals surface area contributed by atoms with Gasteiger partial charge in [0.15, 0.2) is 0 Å². The number of aryl methyl sites for hydroxylation is 2. The third-order valence-corrected chi connectivity index (χ3v) is 2.96. The van der Waals surface area contributed by atoms with E-state index in [-0.39, 0.29) is 11.4 Å². The van der Waals surface area contributed by atoms with Crippen LogP contribution in [0.5, 0.6) is 0 Å². The Hall–Kier alpha value is -1.58. The monoisotopic (exact) mass is 235 g/mol. The highest BCUT2D eigenvalue weighted by atomic mass is 16.1. The molecule has 0 amide bonds. The molecule has 0 aliphatic rings. The summed E-state index contributed by atoms with van der Waals surface area (Å²) in [6.45, 7) is 6.58. The van der Waals surface area contributed by atoms with Crippen LogP contribution in [-0.4, -0.2) is 10.4 Å². The molecule has 3 N–H and O–H groups in total. The number of amidine groups is 1. The van der Waals surface area contributed by atoms with E-state index in [4.69, 9.17) is 11.1 Å². The van der Waals surface area contributed by atoms with E-state index in [1.54, 1.807) is 4.57 Å². The Morgan fingerprint density at radius 1 is 1.41 bits per heavy atom. The summed E-state index contributed by atoms with van der Waals surface area (Å²) >= 11 is 0. The van der Waals surface area contributed by atoms with E-state index in [9.17, 15) is 4.79 Å². The average Bonchev–Trinajstić information content (AvgIpc) is 2.21. The molecular formula is C13H21N3O. The van der Waals surface area contributed by atoms with Gasteiger partial charge in [0.05, 0.1) is 5.56 Å². The normalized spacial score (nSPS) is 10.5. The molecule has 1 heterocycles. The van der Waals surface area contributed by atoms with E-state index in [1.807, 2.05) is 19.9 Å². The molecule has 4 heteroatoms. The van der Waals surface area contributed by atoms with Crippen molar-refractivity contribution in [3.63, 3.8) is 0 Å². The quantitative estimate of drug-likeness (QED) is 0.465. The Morgan fingerprint density at radius 2 is 2.06 bits per heavy atom. The fourth-order valence-electron chi connectivity index (χ4n) is 2.05. The maximum absolute atomic E-state index is 12.2. The van der Waals surface area contributed by atoms with Gasteiger partial charge >= 0.3 is 0 Å². The van der Waals surface area contributed by atoms with E-state index in [2.05, 4.69) is 6.92 Å². The first-order chi connectivity index (χ1) is 7.99. The number of aromatic nitrogens is 1. The molecule has 0 aliphatic carbocycles. The smallest absolute Gasteiger partial charge is 0.261 e. The summed E-state index contributed by atoms with van der Waals surface area (Å²) in [4.78, 5) is 12.2. The molecule has 0 atom stereocenters. The summed E-state index contributed by atoms with van der Waals surface area (Å²) in [5.41, 5.74) is 7.39. The van der Waals surface area contributed by atoms with Crippen LogP contribution in [0, 0.1) is 19.3 Å². The molecule has 4 nitrogen and oxygen atoms in total. The van der Waals surface area contributed by atoms with Gasteiger partial charge in [0.1, 0.15) is 5.84 Å². The summed E-state index contributed by atoms with van der Waals surface area (Å²) < 4.78 is 1.72. The highest BCUT2D eigenvalue weighted by molar-refractivity contribution is 5.95. The fourth-order valence-corrected chi connectivity index (χ4v) is 2.05. The van der Waals surface area contributed by atoms with Crippen molar-refractivity contribution in [3.8, 4) is 0 Å². The van der Waals surface area contributed by atoms with Crippen LogP contribution in [0.2, 0.25) is 0 Å². The summed E-state index contributed by atoms with van der Waals surface area (Å²) in [6, 6.07) is 1.92. The Balaban J connectivity index is 3.17. The largest absolute Gasteiger partial charge is 0.384 e. The van der Waals surface area contributed by atoms with Gasteiger partial charge in [-0.25, -0.2) is 0 Å². The van der Waals surface area contributed by atoms with Gasteiger partial charge in [-0.2, -0.15) is 0 Å². The Labute approximate surface area is 102 Å². The molecule has 0 aromatic carbocycles. The number of unbranched alkanes of at least 4 members (excludes halogenated alkanes) is 2. The molecule has 1 aromatic heterocycles. The highest BCUT2D eigenvalue weighted by Gasteiger charge is 2.12. The molecule has 0 fully saturated rings. The van der Waals surface area contributed by atoms with Gasteiger partial charge in [0.2, 0.25) is 0 Å². The second-order valence-electron chi connectivity index (χ2n) is 4.42. The second kappa shape index (κ2) is 5.66. The van der Waals surface area contributed by atoms with Crippen molar-refractivity contribution in [2.75, 3.05) is 0 Å². The predicted molar refractivity (Wildman–Crippen MR) is 70.7 cm³/mol. The zero-order valence-corrected chi connectivity index (χ0v) is 10.8. The molecule has 0 spiro atoms. The van der Waals surface area contributed by atoms with Crippen molar-refractivity contribution in [1.29, 1.82) is 5.41 Å². The highest BCUT2D eigenvalue weighted by Crippen LogP contribution is 2.07. The summed E-state index contributed by atoms with van der Waals surface area (Å²) in [5.74, 6) is -0.142. The lowest BCUT2D eigenvalue weighted by Gasteiger charge is -2.13. The Bertz CT molecular complexity index is 474. The van der Waals surface area contributed by atoms with Gasteiger partial charge in [-0.3, -0.25) is 10.2 Å². The van der Waals surface area contributed by atoms with Crippen LogP contribution < -0.4 is 11.3 Å². The second-order valence-corrected chi connectivity index (χ2v) is 4.42. The van der Waals surface area contributed by atoms with Crippen molar-refractivity contribution in [2.45, 2.75) is 46.6 Å². The minimum atomic E-state index is -0.142. The van der Waals surface area contributed by atoms with Crippen LogP contribution in [-0.2, 0) is 6.54 Å². The fraction of sp³-hybridized carbons (Fsp3) is 0.538. The molecular weight excluding hydrogens is 214 g/mol. The molecule has 0 unspecified atom stereocenters. The van der Waals surface area contributed by atoms with Crippen molar-refractivity contribution >= 4 is 5.84 Å². The van der Waals surface area contributed by atoms with Crippen molar-refractivity contribution < 1.29 is 0 Å². The Morgan fingerprint density at radius 3 is 2.59 bits per heavy atom. The molecule has 0 radical (unpaired) electrons. The zero-order chi connectivity index (χ0) is 13.0. The van der Waals surface area contributed by atoms with Crippen LogP contribution in [0.4, 0.5) is 0 Å². The number of nitrogen functional groups attached to an aromatic ring is 1. The van der Waals surface area contributed by atoms with Crippen LogP contribution in [0.3, 0.4) is 0 Å². The average molecular weight is 235 g/mol. The minimum Gasteiger partial charge on any atom is -0.384 e. The summed E-state index contributed by atoms with van der Waals surface area (Å²) in [5, 5.41) is 7.46. The van der Waals surface area contributed by atoms with Gasteiger partial charge in [0, 0.05) is 12.2 Å². The standard InChI is InChI=1S/C13H21N3O/c1-4-5-6-7-16-10(3)8-9(2)11(12(14)15)13(16)17/h8H,4-7H2,1-3H3,(H3,14,15). The maximum Gasteiger partial charge on any atom is 0.261 e. The number of pyridine rings is 1. The summed E-state index contributed by atoms with van der Waals surface area (Å²) in [7, 11) is 0. The van der Waals surface area contributed by atoms with Crippen molar-refractivity contribution in [1.82, 2.24) is 4.57 Å². The van der Waals surface area contributed by atoms with Crippen molar-refractivity contribution in [2.24, 2.45) is 5.73 Å². The van der Waals surface area contributed by atoms with Gasteiger partial charge in [-0.15, -0.1) is 0 Å². The molecule has 1 aromatic rings. The van der Waals surface area contributed by atoms with E-state index in [0.717, 1.165) is 30.5 Å². The molecule has 0 saturated heterocycles. The van der Waals surface area contributed by atoms with Crippen LogP contribution in [0.15, 0.2) is 10.9 Å². The molecule has 0 bridgehead atoms. The Kier molecular flexibility index (Phi) is 4.49. The maximum atomic E-state index is 12.2. The van der Waals surface area contributed by atoms with Crippen molar-refractivity contribution in [3.05, 3.63) is 33.2 Å². The zero-order valence-electron chi connectivity index (χ0n) is 10.8. The topological polar surface area (TPSA) is 71.9 Å². The number of hydrogen-bond donors (Lipinski definition) is 2. The van der Waals surface area contributed by atoms with Crippen LogP contribution >= 0.6 is 0 Å². The van der Waals surface area contributed by atoms with E-state index < -0.39 is 0 Å². The number of nitrogens with zero attached hydrogens (tertiary/aromatic N) is 1. The van der Waals surface area contributed by atoms with Gasteiger partial charge in [0.25, 0.3) is 5.56 Å². The minimum absolute atomic E-state index is 0.133. The molecule has 1 rings (SSSR count).